The zero-order valence-electron chi connectivity index (χ0n) is 43.5. The van der Waals surface area contributed by atoms with Gasteiger partial charge in [-0.25, -0.2) is 14.4 Å². The summed E-state index contributed by atoms with van der Waals surface area (Å²) in [6.45, 7) is 21.8. The number of carbonyl (C=O) groups is 3. The first-order valence-corrected chi connectivity index (χ1v) is 30.2. The molecule has 402 valence electrons. The molecule has 3 unspecified atom stereocenters. The SMILES string of the molecule is CCO[Si](CC(CCN(C)c1nc(N(C)CCC(CNC(=O)O)C[Si](OCC)(OCC)OCC)nc(N(C)CCC(CNC(=O)O)C[Si](OCC)(OCC)OCC)n1)CNC(=O)O)(OCC)OCC. The van der Waals surface area contributed by atoms with E-state index in [-0.39, 0.29) is 37.4 Å². The molecule has 1 aromatic heterocycles. The Bertz CT molecular complexity index is 1350. The van der Waals surface area contributed by atoms with Crippen LogP contribution in [0.3, 0.4) is 0 Å². The molecule has 0 saturated heterocycles. The van der Waals surface area contributed by atoms with Crippen LogP contribution < -0.4 is 30.7 Å². The Hall–Kier alpha value is -3.49. The standard InChI is InChI=1S/C42H87N9O15Si3/c1-13-58-67(59-14-2,60-15-3)31-34(28-43-40(52)53)22-25-49(10)37-46-38(50(11)26-23-35(29-44-41(54)55)32-68(61-16-4,62-17-5)63-18-6)48-39(47-37)51(12)27-24-36(30-45-42(56)57)33-69(64-19-7,65-20-8)66-21-9/h34-36,43-45H,13-33H2,1-12H3,(H,52,53)(H,54,55)(H,56,57). The van der Waals surface area contributed by atoms with Crippen LogP contribution in [0.1, 0.15) is 81.6 Å². The number of rotatable bonds is 42. The van der Waals surface area contributed by atoms with E-state index in [9.17, 15) is 29.7 Å². The fourth-order valence-corrected chi connectivity index (χ4v) is 16.7. The predicted octanol–water partition coefficient (Wildman–Crippen LogP) is 5.15. The van der Waals surface area contributed by atoms with E-state index in [1.807, 2.05) is 98.2 Å². The van der Waals surface area contributed by atoms with Gasteiger partial charge in [-0.3, -0.25) is 0 Å². The van der Waals surface area contributed by atoms with Crippen molar-refractivity contribution in [3.8, 4) is 0 Å². The van der Waals surface area contributed by atoms with Crippen molar-refractivity contribution in [1.82, 2.24) is 30.9 Å². The highest BCUT2D eigenvalue weighted by molar-refractivity contribution is 6.61. The Labute approximate surface area is 413 Å². The lowest BCUT2D eigenvalue weighted by atomic mass is 10.1. The molecule has 0 radical (unpaired) electrons. The van der Waals surface area contributed by atoms with Gasteiger partial charge in [-0.2, -0.15) is 15.0 Å². The first kappa shape index (κ1) is 63.5. The van der Waals surface area contributed by atoms with Crippen LogP contribution in [-0.4, -0.2) is 195 Å². The molecule has 0 fully saturated rings. The molecule has 27 heteroatoms. The monoisotopic (exact) mass is 1040 g/mol. The maximum atomic E-state index is 11.7. The third kappa shape index (κ3) is 24.5. The van der Waals surface area contributed by atoms with Crippen molar-refractivity contribution < 1.29 is 69.5 Å². The highest BCUT2D eigenvalue weighted by Gasteiger charge is 2.45. The lowest BCUT2D eigenvalue weighted by Crippen LogP contribution is -2.49. The van der Waals surface area contributed by atoms with Crippen molar-refractivity contribution in [2.45, 2.75) is 99.7 Å². The van der Waals surface area contributed by atoms with Crippen LogP contribution in [0.25, 0.3) is 0 Å². The minimum absolute atomic E-state index is 0.139. The van der Waals surface area contributed by atoms with Crippen molar-refractivity contribution in [1.29, 1.82) is 0 Å². The highest BCUT2D eigenvalue weighted by atomic mass is 28.4. The van der Waals surface area contributed by atoms with Crippen molar-refractivity contribution in [3.63, 3.8) is 0 Å². The van der Waals surface area contributed by atoms with E-state index in [0.717, 1.165) is 0 Å². The van der Waals surface area contributed by atoms with Crippen LogP contribution in [0.2, 0.25) is 18.1 Å². The fourth-order valence-electron chi connectivity index (χ4n) is 7.75. The lowest BCUT2D eigenvalue weighted by Gasteiger charge is -2.33. The molecule has 0 aliphatic rings. The summed E-state index contributed by atoms with van der Waals surface area (Å²) in [7, 11) is -3.97. The van der Waals surface area contributed by atoms with Gasteiger partial charge < -0.3 is 85.8 Å². The van der Waals surface area contributed by atoms with E-state index >= 15 is 0 Å². The second-order valence-electron chi connectivity index (χ2n) is 16.1. The fraction of sp³-hybridized carbons (Fsp3) is 0.857. The van der Waals surface area contributed by atoms with Gasteiger partial charge in [0.2, 0.25) is 17.8 Å². The van der Waals surface area contributed by atoms with Gasteiger partial charge in [0.15, 0.2) is 0 Å². The number of carboxylic acid groups (broad SMARTS) is 3. The third-order valence-electron chi connectivity index (χ3n) is 10.8. The molecule has 1 heterocycles. The molecule has 69 heavy (non-hydrogen) atoms. The second kappa shape index (κ2) is 34.8. The molecule has 24 nitrogen and oxygen atoms in total. The maximum absolute atomic E-state index is 11.7. The number of nitrogens with one attached hydrogen (secondary N) is 3. The summed E-state index contributed by atoms with van der Waals surface area (Å²) in [4.78, 5) is 55.6. The Kier molecular flexibility index (Phi) is 32.0. The first-order chi connectivity index (χ1) is 32.9. The number of anilines is 3. The van der Waals surface area contributed by atoms with Crippen LogP contribution in [0.15, 0.2) is 0 Å². The van der Waals surface area contributed by atoms with E-state index < -0.39 is 44.7 Å². The molecule has 3 amide bonds. The Balaban J connectivity index is 3.77. The number of hydrogen-bond donors (Lipinski definition) is 6. The number of amides is 3. The molecule has 6 N–H and O–H groups in total. The number of aromatic nitrogens is 3. The van der Waals surface area contributed by atoms with Crippen molar-refractivity contribution in [2.24, 2.45) is 17.8 Å². The van der Waals surface area contributed by atoms with E-state index in [0.29, 0.717) is 134 Å². The van der Waals surface area contributed by atoms with Crippen molar-refractivity contribution in [3.05, 3.63) is 0 Å². The van der Waals surface area contributed by atoms with Crippen LogP contribution in [-0.2, 0) is 39.8 Å². The molecule has 0 aliphatic carbocycles. The molecular formula is C42H87N9O15Si3. The molecule has 1 rings (SSSR count). The van der Waals surface area contributed by atoms with Gasteiger partial charge in [-0.05, 0) is 99.3 Å². The summed E-state index contributed by atoms with van der Waals surface area (Å²) in [6, 6.07) is 1.14. The van der Waals surface area contributed by atoms with Crippen LogP contribution in [0, 0.1) is 17.8 Å². The van der Waals surface area contributed by atoms with E-state index in [2.05, 4.69) is 16.0 Å². The summed E-state index contributed by atoms with van der Waals surface area (Å²) in [5, 5.41) is 36.3. The van der Waals surface area contributed by atoms with Gasteiger partial charge >= 0.3 is 44.7 Å². The van der Waals surface area contributed by atoms with Crippen molar-refractivity contribution >= 4 is 62.5 Å². The number of nitrogens with zero attached hydrogens (tertiary/aromatic N) is 6. The van der Waals surface area contributed by atoms with Gasteiger partial charge in [0, 0.05) is 138 Å². The largest absolute Gasteiger partial charge is 0.501 e. The molecule has 0 bridgehead atoms. The highest BCUT2D eigenvalue weighted by Crippen LogP contribution is 2.29. The smallest absolute Gasteiger partial charge is 0.465 e. The van der Waals surface area contributed by atoms with Gasteiger partial charge in [0.25, 0.3) is 0 Å². The van der Waals surface area contributed by atoms with Crippen LogP contribution in [0.4, 0.5) is 32.2 Å². The topological polar surface area (TPSA) is 279 Å². The zero-order chi connectivity index (χ0) is 51.9. The molecule has 0 aliphatic heterocycles. The van der Waals surface area contributed by atoms with Gasteiger partial charge in [0.1, 0.15) is 0 Å². The van der Waals surface area contributed by atoms with Crippen LogP contribution >= 0.6 is 0 Å². The van der Waals surface area contributed by atoms with Crippen molar-refractivity contribution in [2.75, 3.05) is 135 Å². The average molecular weight is 1040 g/mol. The molecule has 1 aromatic rings. The third-order valence-corrected chi connectivity index (χ3v) is 20.6. The second-order valence-corrected chi connectivity index (χ2v) is 24.0. The van der Waals surface area contributed by atoms with E-state index in [1.165, 1.54) is 0 Å². The summed E-state index contributed by atoms with van der Waals surface area (Å²) in [5.41, 5.74) is 0. The Morgan fingerprint density at radius 2 is 0.609 bits per heavy atom. The van der Waals surface area contributed by atoms with Gasteiger partial charge in [-0.1, -0.05) is 0 Å². The molecule has 0 spiro atoms. The summed E-state index contributed by atoms with van der Waals surface area (Å²) < 4.78 is 55.3. The normalized spacial score (nSPS) is 13.4. The zero-order valence-corrected chi connectivity index (χ0v) is 46.5. The summed E-state index contributed by atoms with van der Waals surface area (Å²) in [5.74, 6) is 0.336. The molecule has 3 atom stereocenters. The minimum Gasteiger partial charge on any atom is -0.465 e. The van der Waals surface area contributed by atoms with E-state index in [1.54, 1.807) is 0 Å². The molecular weight excluding hydrogens is 955 g/mol. The average Bonchev–Trinajstić information content (AvgIpc) is 3.29. The minimum atomic E-state index is -3.17. The van der Waals surface area contributed by atoms with E-state index in [4.69, 9.17) is 54.8 Å². The maximum Gasteiger partial charge on any atom is 0.501 e. The quantitative estimate of drug-likeness (QED) is 0.0462. The molecule has 0 aromatic carbocycles. The molecule has 0 saturated carbocycles. The summed E-state index contributed by atoms with van der Waals surface area (Å²) in [6.07, 6.45) is -1.96. The first-order valence-electron chi connectivity index (χ1n) is 24.4. The van der Waals surface area contributed by atoms with Gasteiger partial charge in [-0.15, -0.1) is 0 Å². The predicted molar refractivity (Wildman–Crippen MR) is 268 cm³/mol. The summed E-state index contributed by atoms with van der Waals surface area (Å²) >= 11 is 0. The number of hydrogen-bond acceptors (Lipinski definition) is 18. The van der Waals surface area contributed by atoms with Gasteiger partial charge in [0.05, 0.1) is 0 Å². The Morgan fingerprint density at radius 1 is 0.420 bits per heavy atom. The Morgan fingerprint density at radius 3 is 0.768 bits per heavy atom. The lowest BCUT2D eigenvalue weighted by molar-refractivity contribution is 0.0657. The van der Waals surface area contributed by atoms with Crippen LogP contribution in [0.5, 0.6) is 0 Å².